The smallest absolute Gasteiger partial charge is 0.220 e. The minimum atomic E-state index is -1.57. The number of ether oxygens (including phenoxy) is 2. The van der Waals surface area contributed by atoms with E-state index in [1.165, 1.54) is 128 Å². The lowest BCUT2D eigenvalue weighted by molar-refractivity contribution is -0.302. The molecule has 52 heavy (non-hydrogen) atoms. The Hall–Kier alpha value is -1.33. The molecule has 0 radical (unpaired) electrons. The molecule has 0 aromatic carbocycles. The van der Waals surface area contributed by atoms with Crippen LogP contribution >= 0.6 is 0 Å². The molecule has 9 heteroatoms. The van der Waals surface area contributed by atoms with Gasteiger partial charge < -0.3 is 40.3 Å². The van der Waals surface area contributed by atoms with Crippen molar-refractivity contribution in [1.82, 2.24) is 5.32 Å². The highest BCUT2D eigenvalue weighted by molar-refractivity contribution is 5.76. The maximum Gasteiger partial charge on any atom is 0.220 e. The monoisotopic (exact) mass is 740 g/mol. The van der Waals surface area contributed by atoms with Crippen molar-refractivity contribution in [2.45, 2.75) is 230 Å². The van der Waals surface area contributed by atoms with E-state index in [1.54, 1.807) is 6.08 Å². The summed E-state index contributed by atoms with van der Waals surface area (Å²) in [6.07, 6.45) is 32.2. The van der Waals surface area contributed by atoms with Crippen LogP contribution in [-0.4, -0.2) is 87.5 Å². The second-order valence-corrected chi connectivity index (χ2v) is 15.1. The predicted molar refractivity (Wildman–Crippen MR) is 212 cm³/mol. The lowest BCUT2D eigenvalue weighted by Crippen LogP contribution is -2.60. The third-order valence-electron chi connectivity index (χ3n) is 10.3. The van der Waals surface area contributed by atoms with Crippen LogP contribution in [-0.2, 0) is 14.3 Å². The van der Waals surface area contributed by atoms with Crippen LogP contribution in [0.4, 0.5) is 0 Å². The van der Waals surface area contributed by atoms with Gasteiger partial charge in [0.05, 0.1) is 25.4 Å². The molecule has 0 aromatic rings. The molecule has 1 heterocycles. The highest BCUT2D eigenvalue weighted by Crippen LogP contribution is 2.22. The summed E-state index contributed by atoms with van der Waals surface area (Å²) in [4.78, 5) is 12.9. The fourth-order valence-electron chi connectivity index (χ4n) is 6.76. The third kappa shape index (κ3) is 24.9. The van der Waals surface area contributed by atoms with Crippen LogP contribution < -0.4 is 5.32 Å². The van der Waals surface area contributed by atoms with Crippen molar-refractivity contribution in [2.24, 2.45) is 0 Å². The molecule has 1 amide bonds. The molecular weight excluding hydrogens is 658 g/mol. The van der Waals surface area contributed by atoms with Gasteiger partial charge in [-0.05, 0) is 32.1 Å². The van der Waals surface area contributed by atoms with E-state index in [1.807, 2.05) is 6.08 Å². The predicted octanol–water partition coefficient (Wildman–Crippen LogP) is 8.33. The van der Waals surface area contributed by atoms with Gasteiger partial charge in [0.15, 0.2) is 6.29 Å². The summed E-state index contributed by atoms with van der Waals surface area (Å²) in [5.74, 6) is -0.187. The Kier molecular flexibility index (Phi) is 32.0. The Bertz CT molecular complexity index is 868. The van der Waals surface area contributed by atoms with Crippen LogP contribution in [0.3, 0.4) is 0 Å². The molecule has 9 nitrogen and oxygen atoms in total. The average molecular weight is 740 g/mol. The number of hydrogen-bond acceptors (Lipinski definition) is 8. The molecule has 1 fully saturated rings. The summed E-state index contributed by atoms with van der Waals surface area (Å²) < 4.78 is 11.2. The number of nitrogens with one attached hydrogen (secondary N) is 1. The second-order valence-electron chi connectivity index (χ2n) is 15.1. The lowest BCUT2D eigenvalue weighted by Gasteiger charge is -2.40. The Labute approximate surface area is 318 Å². The standard InChI is InChI=1S/C43H81NO8/c1-3-5-7-9-11-13-15-17-18-19-21-22-24-26-28-30-32-37(46)36(35-51-43-42(50)41(49)40(48)38(34-45)52-43)44-39(47)33-31-29-27-25-23-20-16-14-12-10-8-6-4-2/h22,24,30,32,36-38,40-43,45-46,48-50H,3-21,23,25-29,31,33-35H2,1-2H3,(H,44,47)/b24-22+,32-30+. The highest BCUT2D eigenvalue weighted by Gasteiger charge is 2.44. The minimum absolute atomic E-state index is 0.187. The summed E-state index contributed by atoms with van der Waals surface area (Å²) in [5.41, 5.74) is 0. The molecule has 1 saturated heterocycles. The van der Waals surface area contributed by atoms with E-state index in [-0.39, 0.29) is 12.5 Å². The van der Waals surface area contributed by atoms with Crippen LogP contribution in [0.5, 0.6) is 0 Å². The largest absolute Gasteiger partial charge is 0.394 e. The number of amides is 1. The van der Waals surface area contributed by atoms with Gasteiger partial charge in [0, 0.05) is 6.42 Å². The van der Waals surface area contributed by atoms with Crippen molar-refractivity contribution in [3.8, 4) is 0 Å². The number of unbranched alkanes of at least 4 members (excludes halogenated alkanes) is 23. The molecular formula is C43H81NO8. The van der Waals surface area contributed by atoms with E-state index in [9.17, 15) is 30.3 Å². The molecule has 306 valence electrons. The van der Waals surface area contributed by atoms with Crippen molar-refractivity contribution in [3.05, 3.63) is 24.3 Å². The van der Waals surface area contributed by atoms with E-state index in [0.717, 1.165) is 38.5 Å². The number of hydrogen-bond donors (Lipinski definition) is 6. The van der Waals surface area contributed by atoms with Gasteiger partial charge in [0.1, 0.15) is 24.4 Å². The SMILES string of the molecule is CCCCCCCCCCCC/C=C/CC/C=C/C(O)C(COC1OC(CO)C(O)C(O)C1O)NC(=O)CCCCCCCCCCCCCCC. The summed E-state index contributed by atoms with van der Waals surface area (Å²) in [5, 5.41) is 54.0. The maximum absolute atomic E-state index is 12.9. The fourth-order valence-corrected chi connectivity index (χ4v) is 6.76. The molecule has 0 spiro atoms. The minimum Gasteiger partial charge on any atom is -0.394 e. The van der Waals surface area contributed by atoms with E-state index in [2.05, 4.69) is 31.3 Å². The molecule has 7 atom stereocenters. The molecule has 0 aromatic heterocycles. The van der Waals surface area contributed by atoms with Gasteiger partial charge >= 0.3 is 0 Å². The van der Waals surface area contributed by atoms with Crippen LogP contribution in [0.25, 0.3) is 0 Å². The quantitative estimate of drug-likeness (QED) is 0.0281. The summed E-state index contributed by atoms with van der Waals surface area (Å²) in [7, 11) is 0. The van der Waals surface area contributed by atoms with E-state index < -0.39 is 49.5 Å². The van der Waals surface area contributed by atoms with Gasteiger partial charge in [-0.2, -0.15) is 0 Å². The van der Waals surface area contributed by atoms with Crippen molar-refractivity contribution in [1.29, 1.82) is 0 Å². The molecule has 0 aliphatic carbocycles. The molecule has 6 N–H and O–H groups in total. The van der Waals surface area contributed by atoms with Crippen LogP contribution in [0.1, 0.15) is 187 Å². The van der Waals surface area contributed by atoms with Gasteiger partial charge in [-0.1, -0.05) is 173 Å². The molecule has 7 unspecified atom stereocenters. The van der Waals surface area contributed by atoms with Gasteiger partial charge in [0.25, 0.3) is 0 Å². The van der Waals surface area contributed by atoms with E-state index in [4.69, 9.17) is 9.47 Å². The molecule has 1 aliphatic rings. The zero-order valence-corrected chi connectivity index (χ0v) is 33.3. The Balaban J connectivity index is 2.42. The first-order chi connectivity index (χ1) is 25.3. The fraction of sp³-hybridized carbons (Fsp3) is 0.884. The molecule has 0 bridgehead atoms. The van der Waals surface area contributed by atoms with Gasteiger partial charge in [-0.15, -0.1) is 0 Å². The summed E-state index contributed by atoms with van der Waals surface area (Å²) >= 11 is 0. The number of carbonyl (C=O) groups excluding carboxylic acids is 1. The second kappa shape index (κ2) is 34.2. The number of rotatable bonds is 35. The van der Waals surface area contributed by atoms with Crippen LogP contribution in [0.15, 0.2) is 24.3 Å². The van der Waals surface area contributed by atoms with Crippen molar-refractivity contribution >= 4 is 5.91 Å². The summed E-state index contributed by atoms with van der Waals surface area (Å²) in [6.45, 7) is 3.74. The van der Waals surface area contributed by atoms with Gasteiger partial charge in [-0.3, -0.25) is 4.79 Å². The highest BCUT2D eigenvalue weighted by atomic mass is 16.7. The normalized spacial score (nSPS) is 22.0. The maximum atomic E-state index is 12.9. The summed E-state index contributed by atoms with van der Waals surface area (Å²) in [6, 6.07) is -0.815. The molecule has 0 saturated carbocycles. The first-order valence-electron chi connectivity index (χ1n) is 21.6. The Morgan fingerprint density at radius 3 is 1.62 bits per heavy atom. The molecule has 1 aliphatic heterocycles. The van der Waals surface area contributed by atoms with Gasteiger partial charge in [0.2, 0.25) is 5.91 Å². The molecule has 1 rings (SSSR count). The average Bonchev–Trinajstić information content (AvgIpc) is 3.14. The van der Waals surface area contributed by atoms with Gasteiger partial charge in [-0.25, -0.2) is 0 Å². The number of allylic oxidation sites excluding steroid dienone is 3. The van der Waals surface area contributed by atoms with Crippen molar-refractivity contribution in [3.63, 3.8) is 0 Å². The number of carbonyl (C=O) groups is 1. The lowest BCUT2D eigenvalue weighted by atomic mass is 9.99. The topological polar surface area (TPSA) is 149 Å². The van der Waals surface area contributed by atoms with Crippen molar-refractivity contribution < 1.29 is 39.8 Å². The van der Waals surface area contributed by atoms with Crippen LogP contribution in [0.2, 0.25) is 0 Å². The Morgan fingerprint density at radius 1 is 0.635 bits per heavy atom. The van der Waals surface area contributed by atoms with Crippen LogP contribution in [0, 0.1) is 0 Å². The first kappa shape index (κ1) is 48.7. The zero-order chi connectivity index (χ0) is 38.1. The zero-order valence-electron chi connectivity index (χ0n) is 33.3. The number of aliphatic hydroxyl groups is 5. The number of aliphatic hydroxyl groups excluding tert-OH is 5. The first-order valence-corrected chi connectivity index (χ1v) is 21.6. The van der Waals surface area contributed by atoms with E-state index in [0.29, 0.717) is 6.42 Å². The van der Waals surface area contributed by atoms with Crippen molar-refractivity contribution in [2.75, 3.05) is 13.2 Å². The van der Waals surface area contributed by atoms with E-state index >= 15 is 0 Å². The Morgan fingerprint density at radius 2 is 1.10 bits per heavy atom. The third-order valence-corrected chi connectivity index (χ3v) is 10.3.